The second-order valence-electron chi connectivity index (χ2n) is 5.79. The summed E-state index contributed by atoms with van der Waals surface area (Å²) in [4.78, 5) is 13.9. The van der Waals surface area contributed by atoms with E-state index in [1.165, 1.54) is 24.3 Å². The van der Waals surface area contributed by atoms with Crippen LogP contribution in [0.25, 0.3) is 10.9 Å². The smallest absolute Gasteiger partial charge is 0.366 e. The van der Waals surface area contributed by atoms with Crippen molar-refractivity contribution in [2.75, 3.05) is 19.7 Å². The summed E-state index contributed by atoms with van der Waals surface area (Å²) in [5.41, 5.74) is 0.715. The Hall–Kier alpha value is -1.91. The van der Waals surface area contributed by atoms with E-state index in [2.05, 4.69) is 9.72 Å². The van der Waals surface area contributed by atoms with Crippen LogP contribution >= 0.6 is 0 Å². The van der Waals surface area contributed by atoms with Crippen LogP contribution in [0.5, 0.6) is 0 Å². The van der Waals surface area contributed by atoms with Gasteiger partial charge in [-0.1, -0.05) is 0 Å². The number of hydrogen-bond acceptors (Lipinski definition) is 4. The molecule has 0 spiro atoms. The van der Waals surface area contributed by atoms with E-state index in [1.807, 2.05) is 0 Å². The maximum absolute atomic E-state index is 12.8. The van der Waals surface area contributed by atoms with Gasteiger partial charge in [-0.05, 0) is 30.7 Å². The Bertz CT molecular complexity index is 969. The lowest BCUT2D eigenvalue weighted by Crippen LogP contribution is -2.51. The van der Waals surface area contributed by atoms with Crippen molar-refractivity contribution in [3.63, 3.8) is 0 Å². The monoisotopic (exact) mass is 376 g/mol. The number of aromatic nitrogens is 1. The van der Waals surface area contributed by atoms with Crippen LogP contribution in [0.2, 0.25) is 0 Å². The summed E-state index contributed by atoms with van der Waals surface area (Å²) >= 11 is 0. The predicted molar refractivity (Wildman–Crippen MR) is 83.9 cm³/mol. The van der Waals surface area contributed by atoms with Gasteiger partial charge in [0.1, 0.15) is 0 Å². The molecule has 1 aromatic carbocycles. The molecule has 6 nitrogen and oxygen atoms in total. The van der Waals surface area contributed by atoms with E-state index >= 15 is 0 Å². The van der Waals surface area contributed by atoms with Crippen molar-refractivity contribution >= 4 is 20.9 Å². The fourth-order valence-electron chi connectivity index (χ4n) is 2.75. The normalized spacial score (nSPS) is 20.1. The van der Waals surface area contributed by atoms with Gasteiger partial charge >= 0.3 is 6.18 Å². The number of halogens is 3. The van der Waals surface area contributed by atoms with Crippen LogP contribution in [0, 0.1) is 6.92 Å². The molecule has 1 atom stereocenters. The minimum Gasteiger partial charge on any atom is -0.366 e. The van der Waals surface area contributed by atoms with Gasteiger partial charge in [-0.25, -0.2) is 8.42 Å². The molecule has 0 aliphatic carbocycles. The molecule has 2 aromatic rings. The van der Waals surface area contributed by atoms with Crippen LogP contribution < -0.4 is 5.56 Å². The van der Waals surface area contributed by atoms with Gasteiger partial charge in [0.25, 0.3) is 0 Å². The third-order valence-corrected chi connectivity index (χ3v) is 5.91. The van der Waals surface area contributed by atoms with E-state index < -0.39 is 28.8 Å². The summed E-state index contributed by atoms with van der Waals surface area (Å²) in [7, 11) is -4.11. The number of nitrogens with zero attached hydrogens (tertiary/aromatic N) is 1. The molecule has 1 saturated heterocycles. The van der Waals surface area contributed by atoms with E-state index in [0.717, 1.165) is 4.31 Å². The van der Waals surface area contributed by atoms with Gasteiger partial charge in [0.2, 0.25) is 15.6 Å². The van der Waals surface area contributed by atoms with Crippen molar-refractivity contribution in [3.8, 4) is 0 Å². The highest BCUT2D eigenvalue weighted by Gasteiger charge is 2.45. The van der Waals surface area contributed by atoms with Gasteiger partial charge in [0.15, 0.2) is 6.10 Å². The number of hydrogen-bond donors (Lipinski definition) is 1. The van der Waals surface area contributed by atoms with Crippen LogP contribution in [-0.2, 0) is 14.8 Å². The average molecular weight is 376 g/mol. The number of sulfonamides is 1. The largest absolute Gasteiger partial charge is 0.415 e. The summed E-state index contributed by atoms with van der Waals surface area (Å²) < 4.78 is 69.3. The quantitative estimate of drug-likeness (QED) is 0.867. The number of H-pyrrole nitrogens is 1. The van der Waals surface area contributed by atoms with Gasteiger partial charge in [0, 0.05) is 30.1 Å². The van der Waals surface area contributed by atoms with E-state index in [9.17, 15) is 26.4 Å². The predicted octanol–water partition coefficient (Wildman–Crippen LogP) is 1.79. The third kappa shape index (κ3) is 3.42. The first-order valence-electron chi connectivity index (χ1n) is 7.41. The zero-order chi connectivity index (χ0) is 18.4. The fourth-order valence-corrected chi connectivity index (χ4v) is 4.20. The Morgan fingerprint density at radius 2 is 2.00 bits per heavy atom. The molecule has 0 bridgehead atoms. The van der Waals surface area contributed by atoms with Crippen molar-refractivity contribution in [2.45, 2.75) is 24.1 Å². The van der Waals surface area contributed by atoms with Gasteiger partial charge in [-0.15, -0.1) is 0 Å². The number of aryl methyl sites for hydroxylation is 1. The minimum atomic E-state index is -4.63. The number of nitrogens with one attached hydrogen (secondary N) is 1. The summed E-state index contributed by atoms with van der Waals surface area (Å²) in [6, 6.07) is 5.38. The SMILES string of the molecule is Cc1cc(=O)[nH]c2ccc(S(=O)(=O)N3CCOC(C(F)(F)F)C3)cc12. The Morgan fingerprint density at radius 1 is 1.28 bits per heavy atom. The van der Waals surface area contributed by atoms with Crippen LogP contribution in [-0.4, -0.2) is 49.7 Å². The highest BCUT2D eigenvalue weighted by Crippen LogP contribution is 2.29. The maximum Gasteiger partial charge on any atom is 0.415 e. The molecule has 136 valence electrons. The van der Waals surface area contributed by atoms with Gasteiger partial charge in [-0.3, -0.25) is 4.79 Å². The number of alkyl halides is 3. The molecular formula is C15H15F3N2O4S. The second-order valence-corrected chi connectivity index (χ2v) is 7.73. The molecule has 0 amide bonds. The minimum absolute atomic E-state index is 0.127. The lowest BCUT2D eigenvalue weighted by molar-refractivity contribution is -0.231. The number of morpholine rings is 1. The first kappa shape index (κ1) is 17.9. The Labute approximate surface area is 141 Å². The number of aromatic amines is 1. The summed E-state index contributed by atoms with van der Waals surface area (Å²) in [5, 5.41) is 0.515. The Balaban J connectivity index is 2.00. The van der Waals surface area contributed by atoms with Crippen molar-refractivity contribution in [2.24, 2.45) is 0 Å². The molecule has 0 saturated carbocycles. The maximum atomic E-state index is 12.8. The first-order chi connectivity index (χ1) is 11.6. The van der Waals surface area contributed by atoms with Crippen LogP contribution in [0.15, 0.2) is 34.0 Å². The number of pyridine rings is 1. The molecule has 1 unspecified atom stereocenters. The van der Waals surface area contributed by atoms with Crippen LogP contribution in [0.3, 0.4) is 0 Å². The van der Waals surface area contributed by atoms with Gasteiger partial charge in [0.05, 0.1) is 11.5 Å². The summed E-state index contributed by atoms with van der Waals surface area (Å²) in [6.07, 6.45) is -6.78. The number of ether oxygens (including phenoxy) is 1. The number of benzene rings is 1. The average Bonchev–Trinajstić information content (AvgIpc) is 2.53. The fraction of sp³-hybridized carbons (Fsp3) is 0.400. The molecule has 1 aromatic heterocycles. The van der Waals surface area contributed by atoms with Crippen molar-refractivity contribution in [1.29, 1.82) is 0 Å². The molecule has 0 radical (unpaired) electrons. The van der Waals surface area contributed by atoms with Crippen molar-refractivity contribution in [1.82, 2.24) is 9.29 Å². The lowest BCUT2D eigenvalue weighted by atomic mass is 10.1. The van der Waals surface area contributed by atoms with E-state index in [0.29, 0.717) is 16.5 Å². The molecule has 3 rings (SSSR count). The van der Waals surface area contributed by atoms with Gasteiger partial charge < -0.3 is 9.72 Å². The molecule has 1 aliphatic rings. The Morgan fingerprint density at radius 3 is 2.68 bits per heavy atom. The summed E-state index contributed by atoms with van der Waals surface area (Å²) in [6.45, 7) is 0.387. The zero-order valence-electron chi connectivity index (χ0n) is 13.1. The third-order valence-electron chi connectivity index (χ3n) is 4.05. The standard InChI is InChI=1S/C15H15F3N2O4S/c1-9-6-14(21)19-12-3-2-10(7-11(9)12)25(22,23)20-4-5-24-13(8-20)15(16,17)18/h2-3,6-7,13H,4-5,8H2,1H3,(H,19,21). The topological polar surface area (TPSA) is 79.5 Å². The summed E-state index contributed by atoms with van der Waals surface area (Å²) in [5.74, 6) is 0. The number of rotatable bonds is 2. The molecular weight excluding hydrogens is 361 g/mol. The van der Waals surface area contributed by atoms with E-state index in [4.69, 9.17) is 0 Å². The molecule has 1 fully saturated rings. The van der Waals surface area contributed by atoms with E-state index in [-0.39, 0.29) is 23.6 Å². The first-order valence-corrected chi connectivity index (χ1v) is 8.85. The van der Waals surface area contributed by atoms with Crippen molar-refractivity contribution < 1.29 is 26.3 Å². The highest BCUT2D eigenvalue weighted by molar-refractivity contribution is 7.89. The lowest BCUT2D eigenvalue weighted by Gasteiger charge is -2.33. The van der Waals surface area contributed by atoms with E-state index in [1.54, 1.807) is 6.92 Å². The van der Waals surface area contributed by atoms with Crippen LogP contribution in [0.4, 0.5) is 13.2 Å². The zero-order valence-corrected chi connectivity index (χ0v) is 13.9. The molecule has 1 aliphatic heterocycles. The number of fused-ring (bicyclic) bond motifs is 1. The van der Waals surface area contributed by atoms with Crippen molar-refractivity contribution in [3.05, 3.63) is 40.2 Å². The van der Waals surface area contributed by atoms with Gasteiger partial charge in [-0.2, -0.15) is 17.5 Å². The molecule has 10 heteroatoms. The molecule has 2 heterocycles. The molecule has 25 heavy (non-hydrogen) atoms. The molecule has 1 N–H and O–H groups in total. The second kappa shape index (κ2) is 6.11. The highest BCUT2D eigenvalue weighted by atomic mass is 32.2. The Kier molecular flexibility index (Phi) is 4.38. The van der Waals surface area contributed by atoms with Crippen LogP contribution in [0.1, 0.15) is 5.56 Å².